The molecule has 0 heterocycles. The maximum atomic E-state index is 13.1. The van der Waals surface area contributed by atoms with Gasteiger partial charge in [-0.25, -0.2) is 22.0 Å². The van der Waals surface area contributed by atoms with Gasteiger partial charge in [0.05, 0.1) is 0 Å². The summed E-state index contributed by atoms with van der Waals surface area (Å²) >= 11 is 0. The average Bonchev–Trinajstić information content (AvgIpc) is 2.34. The highest BCUT2D eigenvalue weighted by Gasteiger charge is 2.13. The lowest BCUT2D eigenvalue weighted by atomic mass is 10.1. The highest BCUT2D eigenvalue weighted by atomic mass is 19.2. The van der Waals surface area contributed by atoms with Gasteiger partial charge in [-0.05, 0) is 24.6 Å². The van der Waals surface area contributed by atoms with Crippen LogP contribution >= 0.6 is 0 Å². The van der Waals surface area contributed by atoms with E-state index in [1.54, 1.807) is 6.92 Å². The van der Waals surface area contributed by atoms with E-state index in [9.17, 15) is 22.0 Å². The molecule has 0 aliphatic carbocycles. The van der Waals surface area contributed by atoms with E-state index < -0.39 is 35.1 Å². The lowest BCUT2D eigenvalue weighted by Crippen LogP contribution is -2.08. The Labute approximate surface area is 112 Å². The van der Waals surface area contributed by atoms with Crippen molar-refractivity contribution in [1.29, 1.82) is 0 Å². The van der Waals surface area contributed by atoms with Crippen LogP contribution in [0.2, 0.25) is 0 Å². The van der Waals surface area contributed by atoms with Gasteiger partial charge in [-0.2, -0.15) is 0 Å². The minimum atomic E-state index is -1.57. The topological polar surface area (TPSA) is 12.0 Å². The van der Waals surface area contributed by atoms with E-state index in [2.05, 4.69) is 5.32 Å². The molecule has 2 aromatic carbocycles. The quantitative estimate of drug-likeness (QED) is 0.645. The van der Waals surface area contributed by atoms with Crippen LogP contribution in [0.3, 0.4) is 0 Å². The lowest BCUT2D eigenvalue weighted by molar-refractivity contribution is 0.447. The number of halogens is 5. The van der Waals surface area contributed by atoms with E-state index in [0.29, 0.717) is 6.07 Å². The Kier molecular flexibility index (Phi) is 3.92. The zero-order chi connectivity index (χ0) is 14.9. The van der Waals surface area contributed by atoms with Crippen molar-refractivity contribution in [3.05, 3.63) is 65.0 Å². The van der Waals surface area contributed by atoms with Gasteiger partial charge in [0.15, 0.2) is 17.5 Å². The van der Waals surface area contributed by atoms with E-state index in [0.717, 1.165) is 24.3 Å². The van der Waals surface area contributed by atoms with Crippen molar-refractivity contribution >= 4 is 5.69 Å². The van der Waals surface area contributed by atoms with Crippen LogP contribution in [0.5, 0.6) is 0 Å². The van der Waals surface area contributed by atoms with Crippen molar-refractivity contribution in [2.75, 3.05) is 5.32 Å². The molecule has 0 radical (unpaired) electrons. The molecule has 1 unspecified atom stereocenters. The molecule has 0 fully saturated rings. The highest BCUT2D eigenvalue weighted by molar-refractivity contribution is 5.46. The monoisotopic (exact) mass is 287 g/mol. The second-order valence-corrected chi connectivity index (χ2v) is 4.32. The molecule has 2 aromatic rings. The maximum absolute atomic E-state index is 13.1. The number of anilines is 1. The number of hydrogen-bond acceptors (Lipinski definition) is 1. The van der Waals surface area contributed by atoms with Crippen LogP contribution in [0.4, 0.5) is 27.6 Å². The summed E-state index contributed by atoms with van der Waals surface area (Å²) in [4.78, 5) is 0. The SMILES string of the molecule is CC(Nc1cc(F)c(F)c(F)c1)c1cc(F)cc(F)c1. The zero-order valence-electron chi connectivity index (χ0n) is 10.4. The summed E-state index contributed by atoms with van der Waals surface area (Å²) < 4.78 is 65.0. The number of rotatable bonds is 3. The van der Waals surface area contributed by atoms with E-state index in [-0.39, 0.29) is 11.3 Å². The summed E-state index contributed by atoms with van der Waals surface area (Å²) in [5.74, 6) is -5.77. The van der Waals surface area contributed by atoms with Gasteiger partial charge in [0.25, 0.3) is 0 Å². The summed E-state index contributed by atoms with van der Waals surface area (Å²) in [6, 6.07) is 3.82. The van der Waals surface area contributed by atoms with Gasteiger partial charge in [0.2, 0.25) is 0 Å². The molecule has 0 bridgehead atoms. The average molecular weight is 287 g/mol. The molecule has 106 valence electrons. The van der Waals surface area contributed by atoms with Crippen molar-refractivity contribution in [3.8, 4) is 0 Å². The molecule has 0 spiro atoms. The summed E-state index contributed by atoms with van der Waals surface area (Å²) in [5, 5.41) is 2.64. The highest BCUT2D eigenvalue weighted by Crippen LogP contribution is 2.23. The van der Waals surface area contributed by atoms with Crippen molar-refractivity contribution in [3.63, 3.8) is 0 Å². The van der Waals surface area contributed by atoms with Gasteiger partial charge < -0.3 is 5.32 Å². The fraction of sp³-hybridized carbons (Fsp3) is 0.143. The number of hydrogen-bond donors (Lipinski definition) is 1. The molecule has 1 atom stereocenters. The lowest BCUT2D eigenvalue weighted by Gasteiger charge is -2.16. The van der Waals surface area contributed by atoms with Crippen LogP contribution in [0, 0.1) is 29.1 Å². The van der Waals surface area contributed by atoms with Crippen LogP contribution < -0.4 is 5.32 Å². The molecule has 20 heavy (non-hydrogen) atoms. The molecule has 0 saturated heterocycles. The first-order valence-electron chi connectivity index (χ1n) is 5.74. The molecule has 1 N–H and O–H groups in total. The minimum absolute atomic E-state index is 0.0291. The Balaban J connectivity index is 2.25. The normalized spacial score (nSPS) is 12.3. The van der Waals surface area contributed by atoms with Gasteiger partial charge in [-0.3, -0.25) is 0 Å². The van der Waals surface area contributed by atoms with E-state index >= 15 is 0 Å². The number of nitrogens with one attached hydrogen (secondary N) is 1. The smallest absolute Gasteiger partial charge is 0.194 e. The first kappa shape index (κ1) is 14.3. The van der Waals surface area contributed by atoms with Gasteiger partial charge in [-0.1, -0.05) is 0 Å². The molecule has 0 aliphatic heterocycles. The molecule has 0 aliphatic rings. The van der Waals surface area contributed by atoms with Gasteiger partial charge in [0.1, 0.15) is 11.6 Å². The van der Waals surface area contributed by atoms with Crippen molar-refractivity contribution in [2.45, 2.75) is 13.0 Å². The van der Waals surface area contributed by atoms with Gasteiger partial charge in [-0.15, -0.1) is 0 Å². The van der Waals surface area contributed by atoms with Crippen LogP contribution in [0.1, 0.15) is 18.5 Å². The Bertz CT molecular complexity index is 598. The Morgan fingerprint density at radius 2 is 1.30 bits per heavy atom. The molecule has 1 nitrogen and oxygen atoms in total. The molecule has 0 saturated carbocycles. The van der Waals surface area contributed by atoms with E-state index in [4.69, 9.17) is 0 Å². The molecule has 6 heteroatoms. The summed E-state index contributed by atoms with van der Waals surface area (Å²) in [6.45, 7) is 1.55. The Hall–Kier alpha value is -2.11. The predicted octanol–water partition coefficient (Wildman–Crippen LogP) is 4.56. The second kappa shape index (κ2) is 5.48. The molecule has 0 amide bonds. The first-order valence-corrected chi connectivity index (χ1v) is 5.74. The molecule has 2 rings (SSSR count). The third-order valence-electron chi connectivity index (χ3n) is 2.75. The maximum Gasteiger partial charge on any atom is 0.194 e. The fourth-order valence-corrected chi connectivity index (χ4v) is 1.80. The fourth-order valence-electron chi connectivity index (χ4n) is 1.80. The van der Waals surface area contributed by atoms with E-state index in [1.807, 2.05) is 0 Å². The largest absolute Gasteiger partial charge is 0.378 e. The third kappa shape index (κ3) is 3.07. The molecule has 0 aromatic heterocycles. The van der Waals surface area contributed by atoms with Gasteiger partial charge >= 0.3 is 0 Å². The summed E-state index contributed by atoms with van der Waals surface area (Å²) in [7, 11) is 0. The first-order chi connectivity index (χ1) is 9.36. The molecular formula is C14H10F5N. The van der Waals surface area contributed by atoms with Crippen molar-refractivity contribution in [1.82, 2.24) is 0 Å². The van der Waals surface area contributed by atoms with Gasteiger partial charge in [0, 0.05) is 29.9 Å². The second-order valence-electron chi connectivity index (χ2n) is 4.32. The van der Waals surface area contributed by atoms with Crippen LogP contribution in [0.15, 0.2) is 30.3 Å². The summed E-state index contributed by atoms with van der Waals surface area (Å²) in [6.07, 6.45) is 0. The van der Waals surface area contributed by atoms with Crippen molar-refractivity contribution < 1.29 is 22.0 Å². The van der Waals surface area contributed by atoms with Crippen LogP contribution in [-0.2, 0) is 0 Å². The Morgan fingerprint density at radius 1 is 0.800 bits per heavy atom. The zero-order valence-corrected chi connectivity index (χ0v) is 10.4. The standard InChI is InChI=1S/C14H10F5N/c1-7(8-2-9(15)4-10(16)3-8)20-11-5-12(17)14(19)13(18)6-11/h2-7,20H,1H3. The van der Waals surface area contributed by atoms with Crippen molar-refractivity contribution in [2.24, 2.45) is 0 Å². The number of benzene rings is 2. The van der Waals surface area contributed by atoms with Crippen LogP contribution in [0.25, 0.3) is 0 Å². The summed E-state index contributed by atoms with van der Waals surface area (Å²) in [5.41, 5.74) is 0.228. The molecular weight excluding hydrogens is 277 g/mol. The minimum Gasteiger partial charge on any atom is -0.378 e. The van der Waals surface area contributed by atoms with Crippen LogP contribution in [-0.4, -0.2) is 0 Å². The third-order valence-corrected chi connectivity index (χ3v) is 2.75. The van der Waals surface area contributed by atoms with E-state index in [1.165, 1.54) is 0 Å². The Morgan fingerprint density at radius 3 is 1.80 bits per heavy atom. The predicted molar refractivity (Wildman–Crippen MR) is 64.7 cm³/mol.